The van der Waals surface area contributed by atoms with Crippen LogP contribution in [0.1, 0.15) is 12.5 Å². The van der Waals surface area contributed by atoms with Crippen molar-refractivity contribution in [3.63, 3.8) is 0 Å². The summed E-state index contributed by atoms with van der Waals surface area (Å²) >= 11 is 5.72. The lowest BCUT2D eigenvalue weighted by molar-refractivity contribution is -0.385. The zero-order chi connectivity index (χ0) is 11.4. The summed E-state index contributed by atoms with van der Waals surface area (Å²) in [6, 6.07) is 4.28. The normalized spacial score (nSPS) is 13.0. The van der Waals surface area contributed by atoms with Gasteiger partial charge >= 0.3 is 0 Å². The molecule has 0 fully saturated rings. The van der Waals surface area contributed by atoms with Gasteiger partial charge in [0.1, 0.15) is 0 Å². The second-order valence-corrected chi connectivity index (χ2v) is 3.50. The van der Waals surface area contributed by atoms with Crippen LogP contribution in [0.5, 0.6) is 0 Å². The second kappa shape index (κ2) is 4.91. The molecular weight excluding hydrogens is 218 g/mol. The molecule has 0 spiro atoms. The zero-order valence-corrected chi connectivity index (χ0v) is 8.81. The molecule has 0 bridgehead atoms. The predicted octanol–water partition coefficient (Wildman–Crippen LogP) is 2.64. The van der Waals surface area contributed by atoms with Crippen molar-refractivity contribution < 1.29 is 10.0 Å². The third-order valence-corrected chi connectivity index (χ3v) is 1.98. The first-order valence-electron chi connectivity index (χ1n) is 4.31. The molecule has 80 valence electrons. The van der Waals surface area contributed by atoms with Crippen LogP contribution in [-0.2, 0) is 0 Å². The van der Waals surface area contributed by atoms with E-state index in [2.05, 4.69) is 0 Å². The lowest BCUT2D eigenvalue weighted by Crippen LogP contribution is -1.94. The molecule has 0 aliphatic heterocycles. The summed E-state index contributed by atoms with van der Waals surface area (Å²) in [4.78, 5) is 10.2. The Hall–Kier alpha value is -1.39. The van der Waals surface area contributed by atoms with E-state index in [1.165, 1.54) is 30.4 Å². The summed E-state index contributed by atoms with van der Waals surface area (Å²) in [7, 11) is 0. The molecule has 1 aromatic rings. The van der Waals surface area contributed by atoms with Gasteiger partial charge in [0.15, 0.2) is 0 Å². The number of nitro benzene ring substituents is 1. The van der Waals surface area contributed by atoms with Crippen molar-refractivity contribution >= 4 is 23.4 Å². The van der Waals surface area contributed by atoms with E-state index in [0.717, 1.165) is 0 Å². The topological polar surface area (TPSA) is 63.4 Å². The number of rotatable bonds is 3. The molecule has 0 amide bonds. The maximum absolute atomic E-state index is 10.6. The molecule has 1 unspecified atom stereocenters. The quantitative estimate of drug-likeness (QED) is 0.638. The molecular formula is C10H10ClNO3. The third-order valence-electron chi connectivity index (χ3n) is 1.74. The molecule has 1 atom stereocenters. The molecule has 1 N–H and O–H groups in total. The summed E-state index contributed by atoms with van der Waals surface area (Å²) in [6.45, 7) is 1.56. The average molecular weight is 228 g/mol. The van der Waals surface area contributed by atoms with Gasteiger partial charge in [0.25, 0.3) is 5.69 Å². The summed E-state index contributed by atoms with van der Waals surface area (Å²) in [5, 5.41) is 20.1. The van der Waals surface area contributed by atoms with Crippen molar-refractivity contribution in [1.29, 1.82) is 0 Å². The smallest absolute Gasteiger partial charge is 0.276 e. The monoisotopic (exact) mass is 227 g/mol. The van der Waals surface area contributed by atoms with Crippen LogP contribution in [0.3, 0.4) is 0 Å². The summed E-state index contributed by atoms with van der Waals surface area (Å²) < 4.78 is 0. The number of halogens is 1. The Kier molecular flexibility index (Phi) is 3.82. The maximum Gasteiger partial charge on any atom is 0.276 e. The lowest BCUT2D eigenvalue weighted by Gasteiger charge is -1.99. The molecule has 0 aliphatic rings. The fraction of sp³-hybridized carbons (Fsp3) is 0.200. The number of nitro groups is 1. The molecule has 1 aromatic carbocycles. The number of hydrogen-bond acceptors (Lipinski definition) is 3. The Morgan fingerprint density at radius 1 is 1.60 bits per heavy atom. The van der Waals surface area contributed by atoms with Crippen molar-refractivity contribution in [3.8, 4) is 0 Å². The van der Waals surface area contributed by atoms with Gasteiger partial charge in [-0.3, -0.25) is 10.1 Å². The van der Waals surface area contributed by atoms with Gasteiger partial charge in [-0.2, -0.15) is 0 Å². The lowest BCUT2D eigenvalue weighted by atomic mass is 10.1. The van der Waals surface area contributed by atoms with Crippen molar-refractivity contribution in [2.24, 2.45) is 0 Å². The van der Waals surface area contributed by atoms with Crippen LogP contribution in [-0.4, -0.2) is 16.1 Å². The van der Waals surface area contributed by atoms with E-state index in [1.807, 2.05) is 0 Å². The number of benzene rings is 1. The van der Waals surface area contributed by atoms with Gasteiger partial charge in [-0.15, -0.1) is 0 Å². The molecule has 15 heavy (non-hydrogen) atoms. The van der Waals surface area contributed by atoms with Gasteiger partial charge < -0.3 is 5.11 Å². The summed E-state index contributed by atoms with van der Waals surface area (Å²) in [6.07, 6.45) is 2.29. The van der Waals surface area contributed by atoms with Gasteiger partial charge in [0, 0.05) is 11.1 Å². The van der Waals surface area contributed by atoms with Crippen LogP contribution in [0.25, 0.3) is 6.08 Å². The predicted molar refractivity (Wildman–Crippen MR) is 58.8 cm³/mol. The molecule has 4 nitrogen and oxygen atoms in total. The molecule has 0 aliphatic carbocycles. The van der Waals surface area contributed by atoms with E-state index in [4.69, 9.17) is 16.7 Å². The van der Waals surface area contributed by atoms with Crippen LogP contribution >= 0.6 is 11.6 Å². The van der Waals surface area contributed by atoms with Gasteiger partial charge in [-0.25, -0.2) is 0 Å². The Bertz CT molecular complexity index is 402. The Labute approximate surface area is 92.0 Å². The van der Waals surface area contributed by atoms with Gasteiger partial charge in [0.2, 0.25) is 0 Å². The highest BCUT2D eigenvalue weighted by Gasteiger charge is 2.11. The van der Waals surface area contributed by atoms with Gasteiger partial charge in [0.05, 0.1) is 16.6 Å². The highest BCUT2D eigenvalue weighted by atomic mass is 35.5. The SMILES string of the molecule is CC(O)/C=C/c1cc(Cl)ccc1[N+](=O)[O-]. The van der Waals surface area contributed by atoms with Crippen LogP contribution in [0.4, 0.5) is 5.69 Å². The minimum atomic E-state index is -0.649. The largest absolute Gasteiger partial charge is 0.389 e. The first kappa shape index (κ1) is 11.7. The molecule has 0 heterocycles. The maximum atomic E-state index is 10.6. The fourth-order valence-electron chi connectivity index (χ4n) is 1.07. The first-order chi connectivity index (χ1) is 7.00. The van der Waals surface area contributed by atoms with Crippen LogP contribution < -0.4 is 0 Å². The van der Waals surface area contributed by atoms with Crippen LogP contribution in [0.15, 0.2) is 24.3 Å². The molecule has 0 saturated carbocycles. The highest BCUT2D eigenvalue weighted by Crippen LogP contribution is 2.23. The van der Waals surface area contributed by atoms with E-state index in [1.54, 1.807) is 6.92 Å². The summed E-state index contributed by atoms with van der Waals surface area (Å²) in [5.41, 5.74) is 0.352. The van der Waals surface area contributed by atoms with Gasteiger partial charge in [-0.1, -0.05) is 17.7 Å². The minimum absolute atomic E-state index is 0.0312. The molecule has 0 aromatic heterocycles. The first-order valence-corrected chi connectivity index (χ1v) is 4.68. The Morgan fingerprint density at radius 3 is 2.80 bits per heavy atom. The van der Waals surface area contributed by atoms with Crippen LogP contribution in [0, 0.1) is 10.1 Å². The standard InChI is InChI=1S/C10H10ClNO3/c1-7(13)2-3-8-6-9(11)4-5-10(8)12(14)15/h2-7,13H,1H3/b3-2+. The third kappa shape index (κ3) is 3.34. The second-order valence-electron chi connectivity index (χ2n) is 3.06. The molecule has 5 heteroatoms. The Morgan fingerprint density at radius 2 is 2.27 bits per heavy atom. The number of aliphatic hydroxyl groups is 1. The van der Waals surface area contributed by atoms with E-state index in [0.29, 0.717) is 10.6 Å². The average Bonchev–Trinajstić information content (AvgIpc) is 2.14. The zero-order valence-electron chi connectivity index (χ0n) is 8.05. The van der Waals surface area contributed by atoms with Crippen molar-refractivity contribution in [2.75, 3.05) is 0 Å². The van der Waals surface area contributed by atoms with E-state index in [-0.39, 0.29) is 5.69 Å². The molecule has 1 rings (SSSR count). The van der Waals surface area contributed by atoms with Crippen LogP contribution in [0.2, 0.25) is 5.02 Å². The van der Waals surface area contributed by atoms with Gasteiger partial charge in [-0.05, 0) is 25.1 Å². The number of hydrogen-bond donors (Lipinski definition) is 1. The van der Waals surface area contributed by atoms with E-state index >= 15 is 0 Å². The number of aliphatic hydroxyl groups excluding tert-OH is 1. The van der Waals surface area contributed by atoms with Crippen molar-refractivity contribution in [3.05, 3.63) is 45.0 Å². The summed E-state index contributed by atoms with van der Waals surface area (Å²) in [5.74, 6) is 0. The molecule has 0 saturated heterocycles. The minimum Gasteiger partial charge on any atom is -0.389 e. The number of nitrogens with zero attached hydrogens (tertiary/aromatic N) is 1. The fourth-order valence-corrected chi connectivity index (χ4v) is 1.25. The molecule has 0 radical (unpaired) electrons. The highest BCUT2D eigenvalue weighted by molar-refractivity contribution is 6.30. The van der Waals surface area contributed by atoms with E-state index in [9.17, 15) is 10.1 Å². The Balaban J connectivity index is 3.13. The van der Waals surface area contributed by atoms with E-state index < -0.39 is 11.0 Å². The van der Waals surface area contributed by atoms with Crippen molar-refractivity contribution in [2.45, 2.75) is 13.0 Å². The van der Waals surface area contributed by atoms with Crippen molar-refractivity contribution in [1.82, 2.24) is 0 Å².